The smallest absolute Gasteiger partial charge is 0.282 e. The van der Waals surface area contributed by atoms with Crippen molar-refractivity contribution in [3.8, 4) is 0 Å². The average Bonchev–Trinajstić information content (AvgIpc) is 3.47. The lowest BCUT2D eigenvalue weighted by Gasteiger charge is -2.60. The molecule has 4 aromatic rings. The molecule has 0 aliphatic heterocycles. The summed E-state index contributed by atoms with van der Waals surface area (Å²) in [6.45, 7) is 5.19. The van der Waals surface area contributed by atoms with Crippen LogP contribution in [0.15, 0.2) is 88.7 Å². The molecule has 0 spiro atoms. The molecule has 4 aliphatic carbocycles. The molecule has 2 unspecified atom stereocenters. The van der Waals surface area contributed by atoms with E-state index in [0.717, 1.165) is 58.1 Å². The van der Waals surface area contributed by atoms with Crippen molar-refractivity contribution in [1.29, 1.82) is 0 Å². The molecule has 7 atom stereocenters. The number of hydrogen-bond donors (Lipinski definition) is 2. The Balaban J connectivity index is 1.21. The van der Waals surface area contributed by atoms with Gasteiger partial charge in [0.15, 0.2) is 0 Å². The van der Waals surface area contributed by atoms with Gasteiger partial charge in [0, 0.05) is 0 Å². The molecular weight excluding hydrogens is 653 g/mol. The van der Waals surface area contributed by atoms with Gasteiger partial charge >= 0.3 is 0 Å². The molecule has 8 heteroatoms. The van der Waals surface area contributed by atoms with E-state index in [1.807, 2.05) is 24.3 Å². The van der Waals surface area contributed by atoms with Gasteiger partial charge in [-0.3, -0.25) is 9.11 Å². The van der Waals surface area contributed by atoms with Crippen molar-refractivity contribution < 1.29 is 25.9 Å². The van der Waals surface area contributed by atoms with Crippen molar-refractivity contribution in [2.75, 3.05) is 0 Å². The summed E-state index contributed by atoms with van der Waals surface area (Å²) in [5, 5.41) is 3.16. The summed E-state index contributed by atoms with van der Waals surface area (Å²) in [5.41, 5.74) is 3.86. The third-order valence-corrected chi connectivity index (χ3v) is 15.5. The first-order valence-electron chi connectivity index (χ1n) is 18.0. The Kier molecular flexibility index (Phi) is 7.95. The molecule has 6 nitrogen and oxygen atoms in total. The molecule has 2 N–H and O–H groups in total. The maximum atomic E-state index is 12.0. The van der Waals surface area contributed by atoms with Crippen LogP contribution in [0, 0.1) is 40.4 Å². The topological polar surface area (TPSA) is 109 Å². The summed E-state index contributed by atoms with van der Waals surface area (Å²) >= 11 is 0. The SMILES string of the molecule is C[C@@]12CCC[C@H]1[C@@H]1CCC3CC(C=C(c4cccc5cc(S(=O)(=O)O)ccc45)c4cccc5cc(S(=O)(=O)O)ccc45)CC[C@]3(C)[C@H]1CC2. The van der Waals surface area contributed by atoms with Gasteiger partial charge in [-0.05, 0) is 161 Å². The van der Waals surface area contributed by atoms with Gasteiger partial charge in [0.25, 0.3) is 20.2 Å². The van der Waals surface area contributed by atoms with Crippen molar-refractivity contribution in [2.24, 2.45) is 40.4 Å². The van der Waals surface area contributed by atoms with Crippen LogP contribution in [0.1, 0.15) is 89.2 Å². The minimum atomic E-state index is -4.37. The summed E-state index contributed by atoms with van der Waals surface area (Å²) in [6.07, 6.45) is 15.5. The Morgan fingerprint density at radius 2 is 1.31 bits per heavy atom. The van der Waals surface area contributed by atoms with Gasteiger partial charge in [-0.1, -0.05) is 74.9 Å². The van der Waals surface area contributed by atoms with E-state index in [1.54, 1.807) is 12.1 Å². The molecular formula is C41H46O6S2. The van der Waals surface area contributed by atoms with Crippen LogP contribution in [0.4, 0.5) is 0 Å². The lowest BCUT2D eigenvalue weighted by Crippen LogP contribution is -2.52. The highest BCUT2D eigenvalue weighted by atomic mass is 32.2. The number of fused-ring (bicyclic) bond motifs is 7. The number of hydrogen-bond acceptors (Lipinski definition) is 4. The number of benzene rings is 4. The molecule has 4 saturated carbocycles. The van der Waals surface area contributed by atoms with E-state index in [2.05, 4.69) is 32.1 Å². The fraction of sp³-hybridized carbons (Fsp3) is 0.463. The normalized spacial score (nSPS) is 31.6. The second-order valence-corrected chi connectivity index (χ2v) is 19.0. The first-order valence-corrected chi connectivity index (χ1v) is 20.9. The summed E-state index contributed by atoms with van der Waals surface area (Å²) in [6, 6.07) is 21.1. The summed E-state index contributed by atoms with van der Waals surface area (Å²) in [7, 11) is -8.73. The predicted molar refractivity (Wildman–Crippen MR) is 194 cm³/mol. The molecule has 0 heterocycles. The van der Waals surface area contributed by atoms with Crippen molar-refractivity contribution >= 4 is 47.4 Å². The monoisotopic (exact) mass is 698 g/mol. The van der Waals surface area contributed by atoms with E-state index in [0.29, 0.717) is 33.4 Å². The maximum absolute atomic E-state index is 12.0. The standard InChI is InChI=1S/C41H46O6S2/c1-40-19-5-10-38(40)36-14-11-29-22-26(17-21-41(29,2)39(36)18-20-40)23-37(34-8-3-6-27-24-30(48(42,43)44)12-15-32(27)34)35-9-4-7-28-25-31(49(45,46)47)13-16-33(28)35/h3-4,6-9,12-13,15-16,23-26,29,36,38-39H,5,10-11,14,17-22H2,1-2H3,(H,42,43,44)(H,45,46,47)/t26?,29?,36-,38-,39-,40-,41-/m0/s1. The Morgan fingerprint density at radius 3 is 1.90 bits per heavy atom. The Morgan fingerprint density at radius 1 is 0.694 bits per heavy atom. The van der Waals surface area contributed by atoms with Crippen LogP contribution in [-0.2, 0) is 20.2 Å². The van der Waals surface area contributed by atoms with Crippen molar-refractivity contribution in [3.63, 3.8) is 0 Å². The lowest BCUT2D eigenvalue weighted by atomic mass is 9.44. The fourth-order valence-corrected chi connectivity index (χ4v) is 12.3. The van der Waals surface area contributed by atoms with Gasteiger partial charge in [0.05, 0.1) is 9.79 Å². The zero-order valence-corrected chi connectivity index (χ0v) is 29.9. The van der Waals surface area contributed by atoms with E-state index in [4.69, 9.17) is 0 Å². The van der Waals surface area contributed by atoms with Crippen molar-refractivity contribution in [3.05, 3.63) is 90.0 Å². The zero-order chi connectivity index (χ0) is 34.3. The van der Waals surface area contributed by atoms with Crippen LogP contribution in [0.25, 0.3) is 27.1 Å². The summed E-state index contributed by atoms with van der Waals surface area (Å²) < 4.78 is 67.6. The highest BCUT2D eigenvalue weighted by Gasteiger charge is 2.57. The van der Waals surface area contributed by atoms with Crippen LogP contribution in [0.2, 0.25) is 0 Å². The Labute approximate surface area is 290 Å². The molecule has 8 rings (SSSR count). The van der Waals surface area contributed by atoms with Gasteiger partial charge in [-0.25, -0.2) is 0 Å². The van der Waals surface area contributed by atoms with Crippen LogP contribution in [0.5, 0.6) is 0 Å². The molecule has 4 fully saturated rings. The quantitative estimate of drug-likeness (QED) is 0.201. The number of rotatable bonds is 5. The van der Waals surface area contributed by atoms with Crippen molar-refractivity contribution in [2.45, 2.75) is 87.8 Å². The van der Waals surface area contributed by atoms with E-state index in [9.17, 15) is 25.9 Å². The van der Waals surface area contributed by atoms with Crippen molar-refractivity contribution in [1.82, 2.24) is 0 Å². The fourth-order valence-electron chi connectivity index (χ4n) is 11.3. The first-order chi connectivity index (χ1) is 23.2. The predicted octanol–water partition coefficient (Wildman–Crippen LogP) is 9.97. The molecule has 49 heavy (non-hydrogen) atoms. The largest absolute Gasteiger partial charge is 0.294 e. The summed E-state index contributed by atoms with van der Waals surface area (Å²) in [5.74, 6) is 3.61. The van der Waals surface area contributed by atoms with Crippen LogP contribution in [0.3, 0.4) is 0 Å². The second-order valence-electron chi connectivity index (χ2n) is 16.2. The molecule has 0 bridgehead atoms. The Hall–Kier alpha value is -3.04. The maximum Gasteiger partial charge on any atom is 0.294 e. The first kappa shape index (κ1) is 33.1. The highest BCUT2D eigenvalue weighted by molar-refractivity contribution is 7.86. The summed E-state index contributed by atoms with van der Waals surface area (Å²) in [4.78, 5) is -0.290. The zero-order valence-electron chi connectivity index (χ0n) is 28.3. The molecule has 0 radical (unpaired) electrons. The Bertz CT molecular complexity index is 2110. The lowest BCUT2D eigenvalue weighted by molar-refractivity contribution is -0.108. The van der Waals surface area contributed by atoms with Gasteiger partial charge in [0.1, 0.15) is 0 Å². The minimum absolute atomic E-state index is 0.145. The van der Waals surface area contributed by atoms with E-state index < -0.39 is 20.2 Å². The van der Waals surface area contributed by atoms with E-state index in [1.165, 1.54) is 75.6 Å². The van der Waals surface area contributed by atoms with Gasteiger partial charge < -0.3 is 0 Å². The van der Waals surface area contributed by atoms with Gasteiger partial charge in [0.2, 0.25) is 0 Å². The molecule has 0 amide bonds. The van der Waals surface area contributed by atoms with Crippen LogP contribution >= 0.6 is 0 Å². The molecule has 258 valence electrons. The van der Waals surface area contributed by atoms with Crippen LogP contribution in [-0.4, -0.2) is 25.9 Å². The second kappa shape index (κ2) is 11.8. The molecule has 4 aliphatic rings. The molecule has 0 saturated heterocycles. The number of allylic oxidation sites excluding steroid dienone is 1. The van der Waals surface area contributed by atoms with E-state index >= 15 is 0 Å². The average molecular weight is 699 g/mol. The van der Waals surface area contributed by atoms with Gasteiger partial charge in [-0.15, -0.1) is 0 Å². The minimum Gasteiger partial charge on any atom is -0.282 e. The third kappa shape index (κ3) is 5.67. The highest BCUT2D eigenvalue weighted by Crippen LogP contribution is 2.66. The van der Waals surface area contributed by atoms with Crippen LogP contribution < -0.4 is 0 Å². The van der Waals surface area contributed by atoms with Gasteiger partial charge in [-0.2, -0.15) is 16.8 Å². The molecule has 0 aromatic heterocycles. The van der Waals surface area contributed by atoms with E-state index in [-0.39, 0.29) is 9.79 Å². The molecule has 4 aromatic carbocycles. The third-order valence-electron chi connectivity index (χ3n) is 13.8.